The molecule has 33 heavy (non-hydrogen) atoms. The molecule has 7 heteroatoms. The summed E-state index contributed by atoms with van der Waals surface area (Å²) in [5, 5.41) is 5.90. The molecular weight excluding hydrogens is 436 g/mol. The molecule has 3 aromatic rings. The van der Waals surface area contributed by atoms with Gasteiger partial charge in [-0.1, -0.05) is 31.2 Å². The highest BCUT2D eigenvalue weighted by atomic mass is 32.1. The van der Waals surface area contributed by atoms with Crippen molar-refractivity contribution in [3.8, 4) is 17.2 Å². The van der Waals surface area contributed by atoms with Gasteiger partial charge in [0.1, 0.15) is 30.5 Å². The molecule has 0 aromatic heterocycles. The van der Waals surface area contributed by atoms with E-state index in [0.29, 0.717) is 24.5 Å². The highest BCUT2D eigenvalue weighted by Gasteiger charge is 2.10. The molecule has 1 atom stereocenters. The number of carbonyl (C=O) groups excluding carboxylic acids is 1. The second-order valence-electron chi connectivity index (χ2n) is 7.31. The van der Waals surface area contributed by atoms with Gasteiger partial charge in [0.15, 0.2) is 5.11 Å². The Morgan fingerprint density at radius 3 is 2.24 bits per heavy atom. The van der Waals surface area contributed by atoms with E-state index in [2.05, 4.69) is 17.6 Å². The lowest BCUT2D eigenvalue weighted by Gasteiger charge is -2.14. The normalized spacial score (nSPS) is 11.2. The molecule has 0 saturated heterocycles. The molecule has 0 aliphatic heterocycles. The molecule has 0 radical (unpaired) electrons. The van der Waals surface area contributed by atoms with Gasteiger partial charge in [-0.2, -0.15) is 0 Å². The first-order valence-electron chi connectivity index (χ1n) is 10.8. The first-order valence-corrected chi connectivity index (χ1v) is 11.2. The summed E-state index contributed by atoms with van der Waals surface area (Å²) in [6, 6.07) is 23.9. The molecule has 0 spiro atoms. The number of hydrogen-bond acceptors (Lipinski definition) is 5. The van der Waals surface area contributed by atoms with Crippen molar-refractivity contribution in [1.29, 1.82) is 0 Å². The van der Waals surface area contributed by atoms with E-state index in [9.17, 15) is 4.79 Å². The third-order valence-electron chi connectivity index (χ3n) is 4.71. The summed E-state index contributed by atoms with van der Waals surface area (Å²) in [5.41, 5.74) is 1.20. The SMILES string of the molecule is CCC(C)Oc1ccc(NC(=S)NC(=O)c2cccc(OCCOc3ccccc3)c2)cc1. The van der Waals surface area contributed by atoms with E-state index < -0.39 is 0 Å². The van der Waals surface area contributed by atoms with Crippen LogP contribution in [0.2, 0.25) is 0 Å². The van der Waals surface area contributed by atoms with Gasteiger partial charge in [0, 0.05) is 11.3 Å². The average molecular weight is 465 g/mol. The van der Waals surface area contributed by atoms with Crippen molar-refractivity contribution in [3.63, 3.8) is 0 Å². The number of amides is 1. The van der Waals surface area contributed by atoms with Gasteiger partial charge in [0.05, 0.1) is 6.10 Å². The molecule has 0 bridgehead atoms. The second-order valence-corrected chi connectivity index (χ2v) is 7.72. The number of anilines is 1. The van der Waals surface area contributed by atoms with Crippen molar-refractivity contribution in [2.24, 2.45) is 0 Å². The Morgan fingerprint density at radius 1 is 0.879 bits per heavy atom. The van der Waals surface area contributed by atoms with Crippen LogP contribution in [0.25, 0.3) is 0 Å². The van der Waals surface area contributed by atoms with Crippen LogP contribution < -0.4 is 24.8 Å². The van der Waals surface area contributed by atoms with Crippen LogP contribution in [0, 0.1) is 0 Å². The maximum atomic E-state index is 12.6. The van der Waals surface area contributed by atoms with E-state index in [0.717, 1.165) is 23.6 Å². The molecule has 6 nitrogen and oxygen atoms in total. The molecule has 2 N–H and O–H groups in total. The monoisotopic (exact) mass is 464 g/mol. The first-order chi connectivity index (χ1) is 16.0. The minimum atomic E-state index is -0.324. The quantitative estimate of drug-likeness (QED) is 0.307. The highest BCUT2D eigenvalue weighted by molar-refractivity contribution is 7.80. The summed E-state index contributed by atoms with van der Waals surface area (Å²) in [4.78, 5) is 12.6. The smallest absolute Gasteiger partial charge is 0.257 e. The molecule has 3 aromatic carbocycles. The van der Waals surface area contributed by atoms with Crippen LogP contribution >= 0.6 is 12.2 Å². The average Bonchev–Trinajstić information content (AvgIpc) is 2.84. The summed E-state index contributed by atoms with van der Waals surface area (Å²) < 4.78 is 17.1. The van der Waals surface area contributed by atoms with E-state index in [-0.39, 0.29) is 17.1 Å². The van der Waals surface area contributed by atoms with Crippen LogP contribution in [-0.2, 0) is 0 Å². The topological polar surface area (TPSA) is 68.8 Å². The number of hydrogen-bond donors (Lipinski definition) is 2. The number of thiocarbonyl (C=S) groups is 1. The summed E-state index contributed by atoms with van der Waals surface area (Å²) in [5.74, 6) is 1.83. The zero-order valence-corrected chi connectivity index (χ0v) is 19.6. The third-order valence-corrected chi connectivity index (χ3v) is 4.92. The first kappa shape index (κ1) is 24.1. The van der Waals surface area contributed by atoms with E-state index in [1.165, 1.54) is 0 Å². The molecule has 1 unspecified atom stereocenters. The fraction of sp³-hybridized carbons (Fsp3) is 0.231. The van der Waals surface area contributed by atoms with E-state index in [4.69, 9.17) is 26.4 Å². The van der Waals surface area contributed by atoms with Crippen molar-refractivity contribution < 1.29 is 19.0 Å². The maximum Gasteiger partial charge on any atom is 0.257 e. The second kappa shape index (κ2) is 12.5. The van der Waals surface area contributed by atoms with Crippen molar-refractivity contribution in [1.82, 2.24) is 5.32 Å². The lowest BCUT2D eigenvalue weighted by molar-refractivity contribution is 0.0977. The minimum Gasteiger partial charge on any atom is -0.491 e. The van der Waals surface area contributed by atoms with Gasteiger partial charge in [-0.3, -0.25) is 10.1 Å². The summed E-state index contributed by atoms with van der Waals surface area (Å²) in [7, 11) is 0. The molecule has 0 aliphatic rings. The fourth-order valence-corrected chi connectivity index (χ4v) is 3.04. The van der Waals surface area contributed by atoms with E-state index >= 15 is 0 Å². The fourth-order valence-electron chi connectivity index (χ4n) is 2.83. The van der Waals surface area contributed by atoms with Crippen LogP contribution in [0.15, 0.2) is 78.9 Å². The molecule has 1 amide bonds. The summed E-state index contributed by atoms with van der Waals surface area (Å²) in [6.45, 7) is 4.85. The molecule has 0 heterocycles. The number of benzene rings is 3. The van der Waals surface area contributed by atoms with Gasteiger partial charge in [0.25, 0.3) is 5.91 Å². The molecule has 3 rings (SSSR count). The Bertz CT molecular complexity index is 1040. The Balaban J connectivity index is 1.46. The van der Waals surface area contributed by atoms with Crippen molar-refractivity contribution in [2.75, 3.05) is 18.5 Å². The standard InChI is InChI=1S/C26H28N2O4S/c1-3-19(2)32-23-14-12-21(13-15-23)27-26(33)28-25(29)20-8-7-11-24(18-20)31-17-16-30-22-9-5-4-6-10-22/h4-15,18-19H,3,16-17H2,1-2H3,(H2,27,28,29,33). The van der Waals surface area contributed by atoms with Gasteiger partial charge in [-0.05, 0) is 80.2 Å². The molecule has 0 aliphatic carbocycles. The maximum absolute atomic E-state index is 12.6. The van der Waals surface area contributed by atoms with E-state index in [1.54, 1.807) is 24.3 Å². The number of para-hydroxylation sites is 1. The van der Waals surface area contributed by atoms with Crippen molar-refractivity contribution in [3.05, 3.63) is 84.4 Å². The van der Waals surface area contributed by atoms with Gasteiger partial charge < -0.3 is 19.5 Å². The predicted octanol–water partition coefficient (Wildman–Crippen LogP) is 5.45. The Morgan fingerprint density at radius 2 is 1.55 bits per heavy atom. The molecular formula is C26H28N2O4S. The van der Waals surface area contributed by atoms with Gasteiger partial charge in [0.2, 0.25) is 0 Å². The van der Waals surface area contributed by atoms with Crippen LogP contribution in [-0.4, -0.2) is 30.3 Å². The number of rotatable bonds is 10. The Kier molecular flexibility index (Phi) is 9.08. The Labute approximate surface area is 199 Å². The molecule has 0 saturated carbocycles. The lowest BCUT2D eigenvalue weighted by atomic mass is 10.2. The minimum absolute atomic E-state index is 0.153. The largest absolute Gasteiger partial charge is 0.491 e. The number of carbonyl (C=O) groups is 1. The predicted molar refractivity (Wildman–Crippen MR) is 134 cm³/mol. The van der Waals surface area contributed by atoms with Gasteiger partial charge in [-0.15, -0.1) is 0 Å². The highest BCUT2D eigenvalue weighted by Crippen LogP contribution is 2.18. The molecule has 172 valence electrons. The zero-order valence-electron chi connectivity index (χ0n) is 18.7. The van der Waals surface area contributed by atoms with Gasteiger partial charge in [-0.25, -0.2) is 0 Å². The number of nitrogens with one attached hydrogen (secondary N) is 2. The third kappa shape index (κ3) is 8.12. The van der Waals surface area contributed by atoms with Gasteiger partial charge >= 0.3 is 0 Å². The Hall–Kier alpha value is -3.58. The van der Waals surface area contributed by atoms with Crippen LogP contribution in [0.3, 0.4) is 0 Å². The summed E-state index contributed by atoms with van der Waals surface area (Å²) in [6.07, 6.45) is 1.09. The molecule has 0 fully saturated rings. The number of ether oxygens (including phenoxy) is 3. The van der Waals surface area contributed by atoms with Crippen molar-refractivity contribution >= 4 is 28.9 Å². The summed E-state index contributed by atoms with van der Waals surface area (Å²) >= 11 is 5.28. The zero-order chi connectivity index (χ0) is 23.5. The van der Waals surface area contributed by atoms with Crippen LogP contribution in [0.5, 0.6) is 17.2 Å². The van der Waals surface area contributed by atoms with Crippen LogP contribution in [0.4, 0.5) is 5.69 Å². The van der Waals surface area contributed by atoms with Crippen LogP contribution in [0.1, 0.15) is 30.6 Å². The van der Waals surface area contributed by atoms with Crippen molar-refractivity contribution in [2.45, 2.75) is 26.4 Å². The lowest BCUT2D eigenvalue weighted by Crippen LogP contribution is -2.34. The van der Waals surface area contributed by atoms with E-state index in [1.807, 2.05) is 61.5 Å².